The van der Waals surface area contributed by atoms with Crippen molar-refractivity contribution in [1.29, 1.82) is 0 Å². The quantitative estimate of drug-likeness (QED) is 0.628. The standard InChI is InChI=1S/C13H18BrClN2O2S/c1-12(2,3)20(19)17-13(4,7-8-18)11-9(15)5-6-10(14)16-11/h5-6,8,17H,7H2,1-4H3/t13-,20+/m0/s1. The maximum atomic E-state index is 12.3. The van der Waals surface area contributed by atoms with E-state index in [2.05, 4.69) is 25.6 Å². The fraction of sp³-hybridized carbons (Fsp3) is 0.538. The van der Waals surface area contributed by atoms with Crippen LogP contribution in [0.3, 0.4) is 0 Å². The van der Waals surface area contributed by atoms with Gasteiger partial charge in [0.05, 0.1) is 32.0 Å². The molecule has 1 N–H and O–H groups in total. The maximum Gasteiger partial charge on any atom is 0.122 e. The summed E-state index contributed by atoms with van der Waals surface area (Å²) in [5.74, 6) is 0. The normalized spacial score (nSPS) is 16.5. The molecule has 0 radical (unpaired) electrons. The van der Waals surface area contributed by atoms with Gasteiger partial charge in [0, 0.05) is 6.42 Å². The smallest absolute Gasteiger partial charge is 0.122 e. The summed E-state index contributed by atoms with van der Waals surface area (Å²) in [7, 11) is -1.35. The molecule has 0 saturated heterocycles. The molecule has 1 rings (SSSR count). The van der Waals surface area contributed by atoms with Gasteiger partial charge >= 0.3 is 0 Å². The Morgan fingerprint density at radius 2 is 2.00 bits per heavy atom. The highest BCUT2D eigenvalue weighted by Gasteiger charge is 2.35. The summed E-state index contributed by atoms with van der Waals surface area (Å²) in [6, 6.07) is 3.41. The molecule has 4 nitrogen and oxygen atoms in total. The molecule has 0 bridgehead atoms. The minimum absolute atomic E-state index is 0.123. The molecule has 0 aliphatic carbocycles. The summed E-state index contributed by atoms with van der Waals surface area (Å²) in [5, 5.41) is 0.427. The molecule has 0 aromatic carbocycles. The van der Waals surface area contributed by atoms with E-state index in [9.17, 15) is 9.00 Å². The summed E-state index contributed by atoms with van der Waals surface area (Å²) in [4.78, 5) is 15.3. The zero-order valence-electron chi connectivity index (χ0n) is 11.9. The second-order valence-electron chi connectivity index (χ2n) is 5.65. The van der Waals surface area contributed by atoms with Crippen LogP contribution in [-0.4, -0.2) is 20.2 Å². The van der Waals surface area contributed by atoms with E-state index in [4.69, 9.17) is 11.6 Å². The van der Waals surface area contributed by atoms with Crippen molar-refractivity contribution in [3.8, 4) is 0 Å². The van der Waals surface area contributed by atoms with Crippen molar-refractivity contribution in [2.24, 2.45) is 0 Å². The third-order valence-corrected chi connectivity index (χ3v) is 5.20. The first kappa shape index (κ1) is 17.8. The fourth-order valence-electron chi connectivity index (χ4n) is 1.52. The van der Waals surface area contributed by atoms with Crippen LogP contribution in [0.4, 0.5) is 0 Å². The van der Waals surface area contributed by atoms with Crippen LogP contribution >= 0.6 is 27.5 Å². The lowest BCUT2D eigenvalue weighted by atomic mass is 9.95. The Morgan fingerprint density at radius 3 is 2.50 bits per heavy atom. The topological polar surface area (TPSA) is 59.1 Å². The van der Waals surface area contributed by atoms with Gasteiger partial charge in [-0.3, -0.25) is 0 Å². The Balaban J connectivity index is 3.24. The number of carbonyl (C=O) groups is 1. The molecule has 0 fully saturated rings. The fourth-order valence-corrected chi connectivity index (χ4v) is 3.03. The van der Waals surface area contributed by atoms with Crippen LogP contribution < -0.4 is 4.72 Å². The highest BCUT2D eigenvalue weighted by atomic mass is 79.9. The van der Waals surface area contributed by atoms with Crippen LogP contribution in [0.25, 0.3) is 0 Å². The Labute approximate surface area is 135 Å². The predicted molar refractivity (Wildman–Crippen MR) is 86.0 cm³/mol. The first-order chi connectivity index (χ1) is 9.10. The third kappa shape index (κ3) is 4.35. The zero-order valence-corrected chi connectivity index (χ0v) is 15.0. The number of aldehydes is 1. The van der Waals surface area contributed by atoms with E-state index in [1.54, 1.807) is 19.1 Å². The SMILES string of the molecule is CC(C)(C)[S@@](=O)N[C@@](C)(CC=O)c1nc(Br)ccc1Cl. The van der Waals surface area contributed by atoms with Gasteiger partial charge in [0.25, 0.3) is 0 Å². The molecule has 112 valence electrons. The molecule has 20 heavy (non-hydrogen) atoms. The summed E-state index contributed by atoms with van der Waals surface area (Å²) >= 11 is 9.46. The summed E-state index contributed by atoms with van der Waals surface area (Å²) in [6.45, 7) is 7.33. The minimum atomic E-state index is -1.35. The lowest BCUT2D eigenvalue weighted by Crippen LogP contribution is -2.47. The molecule has 0 aliphatic rings. The lowest BCUT2D eigenvalue weighted by molar-refractivity contribution is -0.108. The Kier molecular flexibility index (Phi) is 5.89. The second kappa shape index (κ2) is 6.64. The molecular formula is C13H18BrClN2O2S. The van der Waals surface area contributed by atoms with Gasteiger partial charge in [-0.15, -0.1) is 0 Å². The molecule has 0 spiro atoms. The molecule has 1 aromatic heterocycles. The Hall–Kier alpha value is -0.300. The number of carbonyl (C=O) groups excluding carboxylic acids is 1. The van der Waals surface area contributed by atoms with Crippen molar-refractivity contribution in [1.82, 2.24) is 9.71 Å². The van der Waals surface area contributed by atoms with E-state index in [1.807, 2.05) is 20.8 Å². The molecule has 7 heteroatoms. The lowest BCUT2D eigenvalue weighted by Gasteiger charge is -2.32. The van der Waals surface area contributed by atoms with E-state index in [-0.39, 0.29) is 6.42 Å². The van der Waals surface area contributed by atoms with E-state index in [0.717, 1.165) is 6.29 Å². The Bertz CT molecular complexity index is 534. The highest BCUT2D eigenvalue weighted by Crippen LogP contribution is 2.31. The number of hydrogen-bond acceptors (Lipinski definition) is 3. The van der Waals surface area contributed by atoms with Crippen LogP contribution in [0.2, 0.25) is 5.02 Å². The minimum Gasteiger partial charge on any atom is -0.303 e. The van der Waals surface area contributed by atoms with E-state index in [0.29, 0.717) is 15.3 Å². The van der Waals surface area contributed by atoms with Crippen LogP contribution in [0.15, 0.2) is 16.7 Å². The average molecular weight is 382 g/mol. The van der Waals surface area contributed by atoms with Crippen molar-refractivity contribution in [3.05, 3.63) is 27.5 Å². The third-order valence-electron chi connectivity index (χ3n) is 2.70. The molecule has 0 amide bonds. The number of halogens is 2. The molecule has 0 unspecified atom stereocenters. The molecule has 0 saturated carbocycles. The molecule has 1 aromatic rings. The van der Waals surface area contributed by atoms with Gasteiger partial charge in [0.1, 0.15) is 10.9 Å². The van der Waals surface area contributed by atoms with E-state index >= 15 is 0 Å². The maximum absolute atomic E-state index is 12.3. The van der Waals surface area contributed by atoms with Crippen molar-refractivity contribution < 1.29 is 9.00 Å². The number of nitrogens with one attached hydrogen (secondary N) is 1. The van der Waals surface area contributed by atoms with Crippen LogP contribution in [0.5, 0.6) is 0 Å². The van der Waals surface area contributed by atoms with Crippen molar-refractivity contribution in [2.45, 2.75) is 44.4 Å². The number of hydrogen-bond donors (Lipinski definition) is 1. The van der Waals surface area contributed by atoms with Crippen LogP contribution in [0.1, 0.15) is 39.8 Å². The first-order valence-corrected chi connectivity index (χ1v) is 8.38. The monoisotopic (exact) mass is 380 g/mol. The van der Waals surface area contributed by atoms with Gasteiger partial charge in [-0.1, -0.05) is 11.6 Å². The molecule has 1 heterocycles. The van der Waals surface area contributed by atoms with Gasteiger partial charge in [-0.2, -0.15) is 0 Å². The van der Waals surface area contributed by atoms with Gasteiger partial charge in [0.2, 0.25) is 0 Å². The van der Waals surface area contributed by atoms with Crippen molar-refractivity contribution >= 4 is 44.8 Å². The number of pyridine rings is 1. The predicted octanol–water partition coefficient (Wildman–Crippen LogP) is 3.35. The zero-order chi connectivity index (χ0) is 15.6. The van der Waals surface area contributed by atoms with E-state index in [1.165, 1.54) is 0 Å². The van der Waals surface area contributed by atoms with Crippen molar-refractivity contribution in [2.75, 3.05) is 0 Å². The van der Waals surface area contributed by atoms with Crippen molar-refractivity contribution in [3.63, 3.8) is 0 Å². The van der Waals surface area contributed by atoms with Gasteiger partial charge in [-0.25, -0.2) is 13.9 Å². The van der Waals surface area contributed by atoms with Crippen LogP contribution in [-0.2, 0) is 21.3 Å². The number of aromatic nitrogens is 1. The Morgan fingerprint density at radius 1 is 1.40 bits per heavy atom. The van der Waals surface area contributed by atoms with Gasteiger partial charge < -0.3 is 4.79 Å². The van der Waals surface area contributed by atoms with Crippen LogP contribution in [0, 0.1) is 0 Å². The molecule has 2 atom stereocenters. The average Bonchev–Trinajstić information content (AvgIpc) is 2.31. The first-order valence-electron chi connectivity index (χ1n) is 6.06. The molecular weight excluding hydrogens is 364 g/mol. The second-order valence-corrected chi connectivity index (χ2v) is 8.84. The van der Waals surface area contributed by atoms with E-state index < -0.39 is 21.3 Å². The summed E-state index contributed by atoms with van der Waals surface area (Å²) < 4.78 is 15.5. The summed E-state index contributed by atoms with van der Waals surface area (Å²) in [6.07, 6.45) is 0.893. The number of nitrogens with zero attached hydrogens (tertiary/aromatic N) is 1. The highest BCUT2D eigenvalue weighted by molar-refractivity contribution is 9.10. The molecule has 0 aliphatic heterocycles. The number of rotatable bonds is 5. The van der Waals surface area contributed by atoms with Gasteiger partial charge in [-0.05, 0) is 55.8 Å². The van der Waals surface area contributed by atoms with Gasteiger partial charge in [0.15, 0.2) is 0 Å². The largest absolute Gasteiger partial charge is 0.303 e. The summed E-state index contributed by atoms with van der Waals surface area (Å²) in [5.41, 5.74) is -0.390.